The molecule has 0 unspecified atom stereocenters. The quantitative estimate of drug-likeness (QED) is 0.530. The van der Waals surface area contributed by atoms with Crippen LogP contribution in [0.3, 0.4) is 0 Å². The van der Waals surface area contributed by atoms with Gasteiger partial charge in [0.1, 0.15) is 6.54 Å². The molecule has 0 saturated carbocycles. The maximum atomic E-state index is 12.2. The molecule has 1 aromatic heterocycles. The van der Waals surface area contributed by atoms with Crippen LogP contribution in [-0.4, -0.2) is 34.8 Å². The molecule has 0 spiro atoms. The van der Waals surface area contributed by atoms with E-state index in [4.69, 9.17) is 0 Å². The summed E-state index contributed by atoms with van der Waals surface area (Å²) in [6.45, 7) is 8.14. The number of carbonyl (C=O) groups is 2. The van der Waals surface area contributed by atoms with Crippen molar-refractivity contribution >= 4 is 28.3 Å². The SMILES string of the molecule is C=CCN(CC(=O)Nc1ncc(C)s1)C(=O)CCCCCC. The number of aromatic nitrogens is 1. The highest BCUT2D eigenvalue weighted by atomic mass is 32.1. The summed E-state index contributed by atoms with van der Waals surface area (Å²) >= 11 is 1.42. The van der Waals surface area contributed by atoms with Crippen LogP contribution in [0, 0.1) is 6.92 Å². The van der Waals surface area contributed by atoms with Gasteiger partial charge < -0.3 is 10.2 Å². The van der Waals surface area contributed by atoms with Crippen molar-refractivity contribution in [2.75, 3.05) is 18.4 Å². The van der Waals surface area contributed by atoms with Crippen LogP contribution in [0.4, 0.5) is 5.13 Å². The van der Waals surface area contributed by atoms with E-state index in [9.17, 15) is 9.59 Å². The van der Waals surface area contributed by atoms with Crippen LogP contribution in [0.1, 0.15) is 43.9 Å². The first-order chi connectivity index (χ1) is 10.6. The van der Waals surface area contributed by atoms with Crippen LogP contribution in [0.5, 0.6) is 0 Å². The second kappa shape index (κ2) is 10.1. The number of thiazole rings is 1. The summed E-state index contributed by atoms with van der Waals surface area (Å²) in [6, 6.07) is 0. The molecule has 5 nitrogen and oxygen atoms in total. The van der Waals surface area contributed by atoms with Crippen molar-refractivity contribution in [3.8, 4) is 0 Å². The molecule has 1 rings (SSSR count). The Bertz CT molecular complexity index is 499. The van der Waals surface area contributed by atoms with E-state index in [0.717, 1.165) is 30.6 Å². The molecule has 0 aliphatic carbocycles. The maximum Gasteiger partial charge on any atom is 0.245 e. The van der Waals surface area contributed by atoms with E-state index in [1.54, 1.807) is 12.3 Å². The minimum Gasteiger partial charge on any atom is -0.330 e. The van der Waals surface area contributed by atoms with Gasteiger partial charge in [0.15, 0.2) is 5.13 Å². The van der Waals surface area contributed by atoms with E-state index < -0.39 is 0 Å². The van der Waals surface area contributed by atoms with Gasteiger partial charge in [-0.1, -0.05) is 32.3 Å². The number of hydrogen-bond acceptors (Lipinski definition) is 4. The third-order valence-electron chi connectivity index (χ3n) is 3.15. The average molecular weight is 323 g/mol. The molecule has 0 radical (unpaired) electrons. The molecule has 0 aliphatic heterocycles. The van der Waals surface area contributed by atoms with E-state index in [1.165, 1.54) is 16.2 Å². The van der Waals surface area contributed by atoms with Crippen LogP contribution in [0.2, 0.25) is 0 Å². The summed E-state index contributed by atoms with van der Waals surface area (Å²) in [7, 11) is 0. The predicted molar refractivity (Wildman–Crippen MR) is 91.0 cm³/mol. The van der Waals surface area contributed by atoms with Crippen molar-refractivity contribution in [1.29, 1.82) is 0 Å². The number of rotatable bonds is 10. The van der Waals surface area contributed by atoms with Gasteiger partial charge in [0.2, 0.25) is 11.8 Å². The molecule has 122 valence electrons. The fourth-order valence-corrected chi connectivity index (χ4v) is 2.70. The Balaban J connectivity index is 2.46. The van der Waals surface area contributed by atoms with Gasteiger partial charge >= 0.3 is 0 Å². The predicted octanol–water partition coefficient (Wildman–Crippen LogP) is 3.38. The molecule has 0 saturated heterocycles. The van der Waals surface area contributed by atoms with E-state index in [2.05, 4.69) is 23.8 Å². The van der Waals surface area contributed by atoms with E-state index >= 15 is 0 Å². The maximum absolute atomic E-state index is 12.2. The minimum atomic E-state index is -0.224. The topological polar surface area (TPSA) is 62.3 Å². The molecule has 1 heterocycles. The number of hydrogen-bond donors (Lipinski definition) is 1. The Labute approximate surface area is 136 Å². The summed E-state index contributed by atoms with van der Waals surface area (Å²) in [6.07, 6.45) is 8.03. The highest BCUT2D eigenvalue weighted by Gasteiger charge is 2.16. The van der Waals surface area contributed by atoms with Crippen molar-refractivity contribution in [3.05, 3.63) is 23.7 Å². The molecule has 1 aromatic rings. The van der Waals surface area contributed by atoms with Gasteiger partial charge in [-0.2, -0.15) is 0 Å². The van der Waals surface area contributed by atoms with Crippen LogP contribution in [0.15, 0.2) is 18.9 Å². The lowest BCUT2D eigenvalue weighted by Gasteiger charge is -2.20. The molecule has 22 heavy (non-hydrogen) atoms. The first-order valence-electron chi connectivity index (χ1n) is 7.67. The first-order valence-corrected chi connectivity index (χ1v) is 8.49. The Morgan fingerprint density at radius 2 is 2.18 bits per heavy atom. The Hall–Kier alpha value is -1.69. The summed E-state index contributed by atoms with van der Waals surface area (Å²) < 4.78 is 0. The van der Waals surface area contributed by atoms with Crippen LogP contribution in [0.25, 0.3) is 0 Å². The zero-order valence-electron chi connectivity index (χ0n) is 13.4. The molecule has 0 aliphatic rings. The smallest absolute Gasteiger partial charge is 0.245 e. The molecule has 2 amide bonds. The fraction of sp³-hybridized carbons (Fsp3) is 0.562. The molecular weight excluding hydrogens is 298 g/mol. The zero-order chi connectivity index (χ0) is 16.4. The summed E-state index contributed by atoms with van der Waals surface area (Å²) in [5, 5.41) is 3.29. The largest absolute Gasteiger partial charge is 0.330 e. The van der Waals surface area contributed by atoms with Gasteiger partial charge in [-0.3, -0.25) is 9.59 Å². The number of carbonyl (C=O) groups excluding carboxylic acids is 2. The summed E-state index contributed by atoms with van der Waals surface area (Å²) in [4.78, 5) is 30.8. The number of aryl methyl sites for hydroxylation is 1. The first kappa shape index (κ1) is 18.4. The van der Waals surface area contributed by atoms with Crippen LogP contribution in [-0.2, 0) is 9.59 Å². The third kappa shape index (κ3) is 6.85. The van der Waals surface area contributed by atoms with E-state index in [-0.39, 0.29) is 18.4 Å². The van der Waals surface area contributed by atoms with Crippen molar-refractivity contribution < 1.29 is 9.59 Å². The Morgan fingerprint density at radius 3 is 2.77 bits per heavy atom. The number of amides is 2. The average Bonchev–Trinajstić information content (AvgIpc) is 2.88. The minimum absolute atomic E-state index is 0.00136. The van der Waals surface area contributed by atoms with Gasteiger partial charge in [0.05, 0.1) is 0 Å². The van der Waals surface area contributed by atoms with Crippen molar-refractivity contribution in [2.45, 2.75) is 46.0 Å². The summed E-state index contributed by atoms with van der Waals surface area (Å²) in [5.74, 6) is -0.223. The highest BCUT2D eigenvalue weighted by molar-refractivity contribution is 7.15. The number of nitrogens with zero attached hydrogens (tertiary/aromatic N) is 2. The lowest BCUT2D eigenvalue weighted by Crippen LogP contribution is -2.38. The number of nitrogens with one attached hydrogen (secondary N) is 1. The monoisotopic (exact) mass is 323 g/mol. The van der Waals surface area contributed by atoms with Crippen LogP contribution < -0.4 is 5.32 Å². The third-order valence-corrected chi connectivity index (χ3v) is 3.98. The van der Waals surface area contributed by atoms with E-state index in [1.807, 2.05) is 6.92 Å². The number of unbranched alkanes of at least 4 members (excludes halogenated alkanes) is 3. The van der Waals surface area contributed by atoms with Gasteiger partial charge in [-0.15, -0.1) is 17.9 Å². The van der Waals surface area contributed by atoms with Crippen molar-refractivity contribution in [2.24, 2.45) is 0 Å². The van der Waals surface area contributed by atoms with Gasteiger partial charge in [-0.25, -0.2) is 4.98 Å². The molecule has 6 heteroatoms. The van der Waals surface area contributed by atoms with Crippen molar-refractivity contribution in [1.82, 2.24) is 9.88 Å². The Morgan fingerprint density at radius 1 is 1.41 bits per heavy atom. The Kier molecular flexibility index (Phi) is 8.43. The van der Waals surface area contributed by atoms with E-state index in [0.29, 0.717) is 18.1 Å². The molecule has 1 N–H and O–H groups in total. The second-order valence-electron chi connectivity index (χ2n) is 5.20. The molecule has 0 aromatic carbocycles. The summed E-state index contributed by atoms with van der Waals surface area (Å²) in [5.41, 5.74) is 0. The van der Waals surface area contributed by atoms with Crippen LogP contribution >= 0.6 is 11.3 Å². The molecule has 0 fully saturated rings. The van der Waals surface area contributed by atoms with Gasteiger partial charge in [-0.05, 0) is 13.3 Å². The lowest BCUT2D eigenvalue weighted by atomic mass is 10.1. The second-order valence-corrected chi connectivity index (χ2v) is 6.43. The number of anilines is 1. The van der Waals surface area contributed by atoms with Gasteiger partial charge in [0.25, 0.3) is 0 Å². The fourth-order valence-electron chi connectivity index (χ4n) is 2.02. The van der Waals surface area contributed by atoms with Gasteiger partial charge in [0, 0.05) is 24.0 Å². The zero-order valence-corrected chi connectivity index (χ0v) is 14.2. The molecule has 0 atom stereocenters. The molecule has 0 bridgehead atoms. The highest BCUT2D eigenvalue weighted by Crippen LogP contribution is 2.16. The lowest BCUT2D eigenvalue weighted by molar-refractivity contribution is -0.134. The van der Waals surface area contributed by atoms with Crippen molar-refractivity contribution in [3.63, 3.8) is 0 Å². The standard InChI is InChI=1S/C16H25N3O2S/c1-4-6-7-8-9-15(21)19(10-5-2)12-14(20)18-16-17-11-13(3)22-16/h5,11H,2,4,6-10,12H2,1,3H3,(H,17,18,20). The normalized spacial score (nSPS) is 10.3. The molecular formula is C16H25N3O2S.